The van der Waals surface area contributed by atoms with Crippen molar-refractivity contribution >= 4 is 34.9 Å². The number of amides is 2. The lowest BCUT2D eigenvalue weighted by atomic mass is 9.91. The van der Waals surface area contributed by atoms with Gasteiger partial charge in [0.15, 0.2) is 29.3 Å². The third-order valence-corrected chi connectivity index (χ3v) is 10.2. The Labute approximate surface area is 335 Å². The number of carboxylic acid groups (broad SMARTS) is 1. The minimum Gasteiger partial charge on any atom is -0.475 e. The van der Waals surface area contributed by atoms with E-state index in [0.29, 0.717) is 55.5 Å². The van der Waals surface area contributed by atoms with Crippen LogP contribution in [0.15, 0.2) is 67.0 Å². The standard InChI is InChI=1S/C35H43N13O4.C2HF3O2/c1-2-48-44-31(43-45-48)29-27(49)28(50)33(52-29)47-20-38-26-30(37-18-25(21-9-5-3-6-10-21)22-11-7-4-8-12-22)41-34(42-32(26)47)46-16-14-24(19-46)40-35(51)39-23-13-15-36-17-23;3-2(4,5)1(6)7/h3-12,20,23-25,27-29,33,36,49-50H,2,13-19H2,1H3,(H,37,41,42)(H2,39,40,51);(H,6,7)/t23-,24-,27+,28-,29+,33-;/m1./s1. The van der Waals surface area contributed by atoms with Crippen LogP contribution in [0.4, 0.5) is 29.7 Å². The maximum atomic E-state index is 12.8. The van der Waals surface area contributed by atoms with Gasteiger partial charge in [-0.3, -0.25) is 4.57 Å². The van der Waals surface area contributed by atoms with Crippen molar-refractivity contribution in [3.8, 4) is 0 Å². The van der Waals surface area contributed by atoms with Gasteiger partial charge in [-0.05, 0) is 42.7 Å². The highest BCUT2D eigenvalue weighted by Gasteiger charge is 2.47. The molecule has 2 aromatic carbocycles. The second kappa shape index (κ2) is 17.9. The van der Waals surface area contributed by atoms with Crippen molar-refractivity contribution in [3.63, 3.8) is 0 Å². The molecule has 3 aromatic heterocycles. The van der Waals surface area contributed by atoms with Crippen molar-refractivity contribution in [3.05, 3.63) is 83.9 Å². The van der Waals surface area contributed by atoms with E-state index in [9.17, 15) is 28.2 Å². The van der Waals surface area contributed by atoms with E-state index in [1.807, 2.05) is 48.2 Å². The van der Waals surface area contributed by atoms with Gasteiger partial charge in [-0.2, -0.15) is 27.9 Å². The van der Waals surface area contributed by atoms with Gasteiger partial charge in [0.25, 0.3) is 0 Å². The van der Waals surface area contributed by atoms with Crippen molar-refractivity contribution in [1.29, 1.82) is 0 Å². The summed E-state index contributed by atoms with van der Waals surface area (Å²) in [6, 6.07) is 20.4. The number of carboxylic acids is 1. The number of tetrazole rings is 1. The zero-order chi connectivity index (χ0) is 41.7. The molecule has 6 heterocycles. The number of benzene rings is 2. The van der Waals surface area contributed by atoms with Crippen molar-refractivity contribution < 1.29 is 42.8 Å². The molecule has 3 aliphatic heterocycles. The molecular formula is C37H44F3N13O6. The maximum absolute atomic E-state index is 12.8. The highest BCUT2D eigenvalue weighted by atomic mass is 19.4. The number of alkyl halides is 3. The quantitative estimate of drug-likeness (QED) is 0.101. The molecule has 3 saturated heterocycles. The number of aryl methyl sites for hydroxylation is 1. The van der Waals surface area contributed by atoms with Gasteiger partial charge in [-0.15, -0.1) is 10.2 Å². The van der Waals surface area contributed by atoms with E-state index in [-0.39, 0.29) is 29.9 Å². The van der Waals surface area contributed by atoms with E-state index in [1.165, 1.54) is 11.1 Å². The number of aromatic nitrogens is 8. The number of carbonyl (C=O) groups excluding carboxylic acids is 1. The lowest BCUT2D eigenvalue weighted by Crippen LogP contribution is -2.47. The number of ether oxygens (including phenoxy) is 1. The number of imidazole rings is 1. The summed E-state index contributed by atoms with van der Waals surface area (Å²) in [6.07, 6.45) is -6.62. The van der Waals surface area contributed by atoms with Crippen LogP contribution in [0, 0.1) is 0 Å². The van der Waals surface area contributed by atoms with Crippen LogP contribution in [-0.4, -0.2) is 130 Å². The number of nitrogens with one attached hydrogen (secondary N) is 4. The summed E-state index contributed by atoms with van der Waals surface area (Å²) in [5.74, 6) is -1.63. The molecule has 0 radical (unpaired) electrons. The van der Waals surface area contributed by atoms with E-state index >= 15 is 0 Å². The van der Waals surface area contributed by atoms with E-state index in [4.69, 9.17) is 29.6 Å². The average molecular weight is 824 g/mol. The molecule has 59 heavy (non-hydrogen) atoms. The van der Waals surface area contributed by atoms with E-state index in [0.717, 1.165) is 30.6 Å². The SMILES string of the molecule is CCn1nnc([C@H]2O[C@@H](n3cnc4c(NCC(c5ccccc5)c5ccccc5)nc(N5CC[C@@H](NC(=O)N[C@@H]6CCNC6)C5)nc43)[C@H](O)[C@@H]2O)n1.O=C(O)C(F)(F)F. The van der Waals surface area contributed by atoms with Crippen LogP contribution < -0.4 is 26.2 Å². The summed E-state index contributed by atoms with van der Waals surface area (Å²) in [5.41, 5.74) is 3.18. The molecule has 0 aliphatic carbocycles. The Kier molecular flexibility index (Phi) is 12.5. The van der Waals surface area contributed by atoms with Gasteiger partial charge in [0, 0.05) is 44.2 Å². The van der Waals surface area contributed by atoms with Crippen LogP contribution in [0.3, 0.4) is 0 Å². The number of urea groups is 1. The van der Waals surface area contributed by atoms with E-state index < -0.39 is 36.7 Å². The number of aliphatic hydroxyl groups is 2. The Bertz CT molecular complexity index is 2150. The molecule has 314 valence electrons. The number of hydrogen-bond acceptors (Lipinski definition) is 14. The molecule has 19 nitrogen and oxygen atoms in total. The number of rotatable bonds is 11. The number of halogens is 3. The van der Waals surface area contributed by atoms with Crippen molar-refractivity contribution in [2.45, 2.75) is 75.0 Å². The summed E-state index contributed by atoms with van der Waals surface area (Å²) in [4.78, 5) is 39.7. The van der Waals surface area contributed by atoms with Gasteiger partial charge in [-0.1, -0.05) is 60.7 Å². The second-order valence-corrected chi connectivity index (χ2v) is 14.3. The molecule has 0 spiro atoms. The number of carbonyl (C=O) groups is 2. The molecular weight excluding hydrogens is 779 g/mol. The Morgan fingerprint density at radius 3 is 2.27 bits per heavy atom. The van der Waals surface area contributed by atoms with E-state index in [1.54, 1.807) is 4.57 Å². The molecule has 2 amide bonds. The molecule has 6 atom stereocenters. The topological polar surface area (TPSA) is 243 Å². The fourth-order valence-corrected chi connectivity index (χ4v) is 7.21. The largest absolute Gasteiger partial charge is 0.490 e. The molecule has 0 saturated carbocycles. The van der Waals surface area contributed by atoms with Gasteiger partial charge in [0.1, 0.15) is 12.2 Å². The van der Waals surface area contributed by atoms with Crippen molar-refractivity contribution in [2.24, 2.45) is 0 Å². The van der Waals surface area contributed by atoms with Gasteiger partial charge in [-0.25, -0.2) is 14.6 Å². The first-order valence-electron chi connectivity index (χ1n) is 19.1. The summed E-state index contributed by atoms with van der Waals surface area (Å²) in [7, 11) is 0. The fraction of sp³-hybridized carbons (Fsp3) is 0.459. The number of aliphatic carboxylic acids is 1. The molecule has 22 heteroatoms. The van der Waals surface area contributed by atoms with Crippen LogP contribution in [0.2, 0.25) is 0 Å². The Morgan fingerprint density at radius 1 is 0.983 bits per heavy atom. The molecule has 8 rings (SSSR count). The zero-order valence-corrected chi connectivity index (χ0v) is 31.8. The Morgan fingerprint density at radius 2 is 1.66 bits per heavy atom. The number of fused-ring (bicyclic) bond motifs is 1. The summed E-state index contributed by atoms with van der Waals surface area (Å²) in [5, 5.41) is 54.8. The third kappa shape index (κ3) is 9.51. The number of hydrogen-bond donors (Lipinski definition) is 7. The number of aliphatic hydroxyl groups excluding tert-OH is 2. The maximum Gasteiger partial charge on any atom is 0.490 e. The molecule has 5 aromatic rings. The predicted molar refractivity (Wildman–Crippen MR) is 204 cm³/mol. The monoisotopic (exact) mass is 823 g/mol. The lowest BCUT2D eigenvalue weighted by Gasteiger charge is -2.22. The van der Waals surface area contributed by atoms with Crippen LogP contribution in [0.25, 0.3) is 11.2 Å². The van der Waals surface area contributed by atoms with Gasteiger partial charge in [0.2, 0.25) is 11.8 Å². The Balaban J connectivity index is 0.000000694. The normalized spacial score (nSPS) is 23.0. The molecule has 7 N–H and O–H groups in total. The third-order valence-electron chi connectivity index (χ3n) is 10.2. The number of nitrogens with zero attached hydrogens (tertiary/aromatic N) is 9. The highest BCUT2D eigenvalue weighted by molar-refractivity contribution is 5.84. The van der Waals surface area contributed by atoms with Crippen LogP contribution in [-0.2, 0) is 16.1 Å². The fourth-order valence-electron chi connectivity index (χ4n) is 7.21. The Hall–Kier alpha value is -5.97. The second-order valence-electron chi connectivity index (χ2n) is 14.3. The first-order chi connectivity index (χ1) is 28.4. The van der Waals surface area contributed by atoms with Crippen LogP contribution in [0.5, 0.6) is 0 Å². The van der Waals surface area contributed by atoms with Gasteiger partial charge in [0.05, 0.1) is 12.9 Å². The average Bonchev–Trinajstić information content (AvgIpc) is 4.09. The van der Waals surface area contributed by atoms with E-state index in [2.05, 4.69) is 60.9 Å². The van der Waals surface area contributed by atoms with Gasteiger partial charge >= 0.3 is 18.2 Å². The minimum atomic E-state index is -5.08. The molecule has 0 unspecified atom stereocenters. The lowest BCUT2D eigenvalue weighted by molar-refractivity contribution is -0.192. The van der Waals surface area contributed by atoms with Gasteiger partial charge < -0.3 is 46.2 Å². The number of anilines is 2. The molecule has 0 bridgehead atoms. The summed E-state index contributed by atoms with van der Waals surface area (Å²) in [6.45, 7) is 5.67. The summed E-state index contributed by atoms with van der Waals surface area (Å²) >= 11 is 0. The zero-order valence-electron chi connectivity index (χ0n) is 31.8. The molecule has 3 fully saturated rings. The summed E-state index contributed by atoms with van der Waals surface area (Å²) < 4.78 is 39.6. The first kappa shape index (κ1) is 41.2. The molecule has 3 aliphatic rings. The first-order valence-corrected chi connectivity index (χ1v) is 19.1. The highest BCUT2D eigenvalue weighted by Crippen LogP contribution is 2.39. The smallest absolute Gasteiger partial charge is 0.475 e. The van der Waals surface area contributed by atoms with Crippen LogP contribution in [0.1, 0.15) is 55.0 Å². The van der Waals surface area contributed by atoms with Crippen molar-refractivity contribution in [1.82, 2.24) is 55.7 Å². The van der Waals surface area contributed by atoms with Crippen LogP contribution >= 0.6 is 0 Å². The minimum absolute atomic E-state index is 0.00632. The van der Waals surface area contributed by atoms with Crippen molar-refractivity contribution in [2.75, 3.05) is 42.9 Å². The predicted octanol–water partition coefficient (Wildman–Crippen LogP) is 1.94.